The van der Waals surface area contributed by atoms with Crippen LogP contribution in [0.5, 0.6) is 5.75 Å². The van der Waals surface area contributed by atoms with Gasteiger partial charge in [0, 0.05) is 26.1 Å². The molecule has 0 bridgehead atoms. The quantitative estimate of drug-likeness (QED) is 0.786. The molecule has 9 nitrogen and oxygen atoms in total. The molecule has 9 heteroatoms. The fourth-order valence-electron chi connectivity index (χ4n) is 2.89. The lowest BCUT2D eigenvalue weighted by atomic mass is 9.97. The molecule has 1 N–H and O–H groups in total. The van der Waals surface area contributed by atoms with Crippen LogP contribution in [0.15, 0.2) is 4.79 Å². The Kier molecular flexibility index (Phi) is 5.58. The molecule has 1 saturated heterocycles. The van der Waals surface area contributed by atoms with Crippen LogP contribution in [0.2, 0.25) is 0 Å². The Bertz CT molecular complexity index is 765. The van der Waals surface area contributed by atoms with Crippen LogP contribution in [0.3, 0.4) is 0 Å². The molecule has 2 rings (SSSR count). The molecule has 0 aromatic carbocycles. The van der Waals surface area contributed by atoms with Crippen LogP contribution in [-0.2, 0) is 16.5 Å². The number of hydrogen-bond acceptors (Lipinski definition) is 7. The number of piperidine rings is 1. The Morgan fingerprint density at radius 2 is 1.96 bits per heavy atom. The van der Waals surface area contributed by atoms with E-state index in [1.54, 1.807) is 25.7 Å². The van der Waals surface area contributed by atoms with Gasteiger partial charge in [-0.05, 0) is 33.6 Å². The zero-order valence-electron chi connectivity index (χ0n) is 15.7. The van der Waals surface area contributed by atoms with Gasteiger partial charge >= 0.3 is 12.1 Å². The highest BCUT2D eigenvalue weighted by atomic mass is 16.6. The van der Waals surface area contributed by atoms with E-state index in [1.165, 1.54) is 11.6 Å². The standard InChI is InChI=1S/C17H25N3O6/c1-17(2,3)26-16(24)20-8-6-7-10(9-20)13-18-11(15(23)25-5)12(21)14(22)19(13)4/h10,21H,6-9H2,1-5H3. The molecule has 1 unspecified atom stereocenters. The zero-order chi connectivity index (χ0) is 19.6. The summed E-state index contributed by atoms with van der Waals surface area (Å²) in [4.78, 5) is 42.1. The van der Waals surface area contributed by atoms with Crippen LogP contribution in [-0.4, -0.2) is 57.4 Å². The van der Waals surface area contributed by atoms with Gasteiger partial charge in [-0.25, -0.2) is 14.6 Å². The molecule has 0 radical (unpaired) electrons. The van der Waals surface area contributed by atoms with Gasteiger partial charge < -0.3 is 19.5 Å². The molecule has 1 fully saturated rings. The van der Waals surface area contributed by atoms with Crippen molar-refractivity contribution in [3.8, 4) is 5.75 Å². The highest BCUT2D eigenvalue weighted by Gasteiger charge is 2.32. The van der Waals surface area contributed by atoms with Crippen LogP contribution in [0, 0.1) is 0 Å². The number of amides is 1. The fourth-order valence-corrected chi connectivity index (χ4v) is 2.89. The van der Waals surface area contributed by atoms with E-state index in [0.717, 1.165) is 7.11 Å². The minimum atomic E-state index is -0.888. The van der Waals surface area contributed by atoms with Gasteiger partial charge in [0.05, 0.1) is 7.11 Å². The number of rotatable bonds is 2. The Balaban J connectivity index is 2.33. The highest BCUT2D eigenvalue weighted by Crippen LogP contribution is 2.27. The van der Waals surface area contributed by atoms with Crippen molar-refractivity contribution in [2.45, 2.75) is 45.1 Å². The lowest BCUT2D eigenvalue weighted by molar-refractivity contribution is 0.0193. The van der Waals surface area contributed by atoms with Crippen LogP contribution >= 0.6 is 0 Å². The highest BCUT2D eigenvalue weighted by molar-refractivity contribution is 5.89. The third kappa shape index (κ3) is 4.14. The third-order valence-electron chi connectivity index (χ3n) is 4.12. The lowest BCUT2D eigenvalue weighted by Gasteiger charge is -2.34. The maximum Gasteiger partial charge on any atom is 0.410 e. The van der Waals surface area contributed by atoms with Crippen molar-refractivity contribution >= 4 is 12.1 Å². The van der Waals surface area contributed by atoms with Crippen molar-refractivity contribution in [2.75, 3.05) is 20.2 Å². The lowest BCUT2D eigenvalue weighted by Crippen LogP contribution is -2.43. The molecule has 1 aliphatic rings. The van der Waals surface area contributed by atoms with E-state index in [-0.39, 0.29) is 5.92 Å². The number of methoxy groups -OCH3 is 1. The fraction of sp³-hybridized carbons (Fsp3) is 0.647. The van der Waals surface area contributed by atoms with Crippen molar-refractivity contribution in [2.24, 2.45) is 7.05 Å². The van der Waals surface area contributed by atoms with E-state index < -0.39 is 34.7 Å². The molecule has 0 aliphatic carbocycles. The Morgan fingerprint density at radius 1 is 1.31 bits per heavy atom. The van der Waals surface area contributed by atoms with Gasteiger partial charge in [0.1, 0.15) is 11.4 Å². The van der Waals surface area contributed by atoms with E-state index in [2.05, 4.69) is 9.72 Å². The van der Waals surface area contributed by atoms with Gasteiger partial charge in [-0.15, -0.1) is 0 Å². The summed E-state index contributed by atoms with van der Waals surface area (Å²) < 4.78 is 11.2. The van der Waals surface area contributed by atoms with Crippen molar-refractivity contribution in [1.82, 2.24) is 14.5 Å². The normalized spacial score (nSPS) is 17.7. The average molecular weight is 367 g/mol. The first-order valence-electron chi connectivity index (χ1n) is 8.41. The van der Waals surface area contributed by atoms with Gasteiger partial charge in [-0.2, -0.15) is 0 Å². The summed E-state index contributed by atoms with van der Waals surface area (Å²) in [7, 11) is 2.61. The van der Waals surface area contributed by atoms with Crippen molar-refractivity contribution < 1.29 is 24.2 Å². The molecule has 144 valence electrons. The summed E-state index contributed by atoms with van der Waals surface area (Å²) in [6.45, 7) is 6.22. The number of likely N-dealkylation sites (tertiary alicyclic amines) is 1. The number of hydrogen-bond donors (Lipinski definition) is 1. The topological polar surface area (TPSA) is 111 Å². The first-order valence-corrected chi connectivity index (χ1v) is 8.41. The third-order valence-corrected chi connectivity index (χ3v) is 4.12. The van der Waals surface area contributed by atoms with E-state index in [1.807, 2.05) is 0 Å². The van der Waals surface area contributed by atoms with Crippen molar-refractivity contribution in [1.29, 1.82) is 0 Å². The van der Waals surface area contributed by atoms with E-state index in [4.69, 9.17) is 4.74 Å². The van der Waals surface area contributed by atoms with Crippen LogP contribution in [0.4, 0.5) is 4.79 Å². The van der Waals surface area contributed by atoms with Crippen LogP contribution in [0.1, 0.15) is 55.8 Å². The number of carbonyl (C=O) groups excluding carboxylic acids is 2. The zero-order valence-corrected chi connectivity index (χ0v) is 15.7. The smallest absolute Gasteiger partial charge is 0.410 e. The Hall–Kier alpha value is -2.58. The second-order valence-corrected chi connectivity index (χ2v) is 7.29. The van der Waals surface area contributed by atoms with E-state index >= 15 is 0 Å². The predicted molar refractivity (Wildman–Crippen MR) is 92.3 cm³/mol. The largest absolute Gasteiger partial charge is 0.501 e. The first-order chi connectivity index (χ1) is 12.0. The van der Waals surface area contributed by atoms with Crippen molar-refractivity contribution in [3.05, 3.63) is 21.9 Å². The van der Waals surface area contributed by atoms with Gasteiger partial charge in [0.25, 0.3) is 5.56 Å². The molecule has 0 saturated carbocycles. The van der Waals surface area contributed by atoms with Gasteiger partial charge in [0.15, 0.2) is 5.69 Å². The second kappa shape index (κ2) is 7.35. The first kappa shape index (κ1) is 19.7. The summed E-state index contributed by atoms with van der Waals surface area (Å²) in [5, 5.41) is 9.89. The summed E-state index contributed by atoms with van der Waals surface area (Å²) in [6.07, 6.45) is 0.957. The molecule has 1 atom stereocenters. The van der Waals surface area contributed by atoms with Gasteiger partial charge in [0.2, 0.25) is 5.75 Å². The number of nitrogens with zero attached hydrogens (tertiary/aromatic N) is 3. The average Bonchev–Trinajstić information content (AvgIpc) is 2.58. The monoisotopic (exact) mass is 367 g/mol. The van der Waals surface area contributed by atoms with Gasteiger partial charge in [-0.1, -0.05) is 0 Å². The SMILES string of the molecule is COC(=O)c1nc(C2CCCN(C(=O)OC(C)(C)C)C2)n(C)c(=O)c1O. The number of aromatic nitrogens is 2. The number of aromatic hydroxyl groups is 1. The summed E-state index contributed by atoms with van der Waals surface area (Å²) in [6, 6.07) is 0. The predicted octanol–water partition coefficient (Wildman–Crippen LogP) is 1.39. The minimum Gasteiger partial charge on any atom is -0.501 e. The Morgan fingerprint density at radius 3 is 2.54 bits per heavy atom. The maximum atomic E-state index is 12.3. The summed E-state index contributed by atoms with van der Waals surface area (Å²) in [5.41, 5.74) is -1.75. The molecular weight excluding hydrogens is 342 g/mol. The number of esters is 1. The maximum absolute atomic E-state index is 12.3. The Labute approximate surface area is 151 Å². The van der Waals surface area contributed by atoms with Crippen molar-refractivity contribution in [3.63, 3.8) is 0 Å². The minimum absolute atomic E-state index is 0.266. The second-order valence-electron chi connectivity index (χ2n) is 7.29. The molecule has 1 aromatic rings. The van der Waals surface area contributed by atoms with Crippen LogP contribution in [0.25, 0.3) is 0 Å². The van der Waals surface area contributed by atoms with E-state index in [9.17, 15) is 19.5 Å². The molecule has 1 amide bonds. The number of carbonyl (C=O) groups is 2. The summed E-state index contributed by atoms with van der Waals surface area (Å²) in [5.74, 6) is -1.58. The molecule has 1 aromatic heterocycles. The molecular formula is C17H25N3O6. The molecule has 0 spiro atoms. The molecule has 1 aliphatic heterocycles. The number of ether oxygens (including phenoxy) is 2. The van der Waals surface area contributed by atoms with E-state index in [0.29, 0.717) is 31.8 Å². The molecule has 26 heavy (non-hydrogen) atoms. The van der Waals surface area contributed by atoms with Crippen LogP contribution < -0.4 is 5.56 Å². The summed E-state index contributed by atoms with van der Waals surface area (Å²) >= 11 is 0. The molecule has 2 heterocycles. The van der Waals surface area contributed by atoms with Gasteiger partial charge in [-0.3, -0.25) is 9.36 Å².